The van der Waals surface area contributed by atoms with Gasteiger partial charge in [0, 0.05) is 23.5 Å². The molecule has 4 heterocycles. The van der Waals surface area contributed by atoms with Gasteiger partial charge in [0.05, 0.1) is 12.6 Å². The maximum atomic E-state index is 13.4. The first-order valence-corrected chi connectivity index (χ1v) is 16.3. The van der Waals surface area contributed by atoms with Crippen LogP contribution >= 0.6 is 11.3 Å². The second-order valence-corrected chi connectivity index (χ2v) is 12.6. The van der Waals surface area contributed by atoms with Gasteiger partial charge in [-0.05, 0) is 37.2 Å². The second-order valence-electron chi connectivity index (χ2n) is 10.4. The maximum Gasteiger partial charge on any atom is 0.362 e. The number of nitrogens with zero attached hydrogens (tertiary/aromatic N) is 5. The Morgan fingerprint density at radius 2 is 2.04 bits per heavy atom. The largest absolute Gasteiger partial charge is 0.489 e. The molecule has 22 heteroatoms. The number of nitrogen functional groups attached to an aromatic ring is 1. The maximum absolute atomic E-state index is 13.4. The van der Waals surface area contributed by atoms with Gasteiger partial charge in [-0.2, -0.15) is 13.5 Å². The average molecular weight is 694 g/mol. The van der Waals surface area contributed by atoms with E-state index in [0.29, 0.717) is 5.56 Å². The number of nitrogens with two attached hydrogens (primary N) is 1. The predicted molar refractivity (Wildman–Crippen MR) is 166 cm³/mol. The summed E-state index contributed by atoms with van der Waals surface area (Å²) in [6.07, 6.45) is 0.536. The number of nitrogens with one attached hydrogen (secondary N) is 5. The van der Waals surface area contributed by atoms with Crippen molar-refractivity contribution in [3.63, 3.8) is 0 Å². The fourth-order valence-corrected chi connectivity index (χ4v) is 6.23. The summed E-state index contributed by atoms with van der Waals surface area (Å²) in [4.78, 5) is 47.2. The fourth-order valence-electron chi connectivity index (χ4n) is 4.81. The summed E-state index contributed by atoms with van der Waals surface area (Å²) in [5.41, 5.74) is 5.64. The predicted octanol–water partition coefficient (Wildman–Crippen LogP) is -2.44. The van der Waals surface area contributed by atoms with E-state index in [1.165, 1.54) is 16.7 Å². The number of benzene rings is 1. The zero-order valence-corrected chi connectivity index (χ0v) is 26.0. The van der Waals surface area contributed by atoms with Crippen molar-refractivity contribution in [3.8, 4) is 5.75 Å². The van der Waals surface area contributed by atoms with Crippen LogP contribution in [0.2, 0.25) is 0 Å². The number of hydrogen-bond donors (Lipinski definition) is 8. The van der Waals surface area contributed by atoms with Gasteiger partial charge in [0.2, 0.25) is 0 Å². The highest BCUT2D eigenvalue weighted by Crippen LogP contribution is 2.25. The summed E-state index contributed by atoms with van der Waals surface area (Å²) in [6.45, 7) is 1.11. The first kappa shape index (κ1) is 33.3. The number of carboxylic acids is 1. The van der Waals surface area contributed by atoms with Gasteiger partial charge in [-0.25, -0.2) is 14.1 Å². The molecule has 0 radical (unpaired) electrons. The summed E-state index contributed by atoms with van der Waals surface area (Å²) in [7, 11) is -4.96. The van der Waals surface area contributed by atoms with Gasteiger partial charge in [-0.1, -0.05) is 5.16 Å². The van der Waals surface area contributed by atoms with Crippen LogP contribution in [0.1, 0.15) is 17.7 Å². The Labute approximate surface area is 271 Å². The molecule has 1 aromatic heterocycles. The highest BCUT2D eigenvalue weighted by molar-refractivity contribution is 7.84. The van der Waals surface area contributed by atoms with Crippen LogP contribution in [0, 0.1) is 5.41 Å². The smallest absolute Gasteiger partial charge is 0.362 e. The molecular weight excluding hydrogens is 662 g/mol. The highest BCUT2D eigenvalue weighted by atomic mass is 32.2. The SMILES string of the molecule is N=C(N[C@H]1CCNC1)c1ccc(OC[C@H](O/N=C(\C(=O)N[C@@H]2C(=O)N(S(=O)(=O)O)[C@@H]2CN2CNC=N2)c2csc(N)n2)C(=O)O)cc1. The summed E-state index contributed by atoms with van der Waals surface area (Å²) in [6, 6.07) is 3.88. The molecule has 4 atom stereocenters. The Bertz CT molecular complexity index is 1680. The number of amides is 2. The number of carbonyl (C=O) groups excluding carboxylic acids is 2. The topological polar surface area (TPSA) is 286 Å². The lowest BCUT2D eigenvalue weighted by molar-refractivity contribution is -0.152. The number of carboxylic acid groups (broad SMARTS) is 1. The lowest BCUT2D eigenvalue weighted by Gasteiger charge is -2.45. The Balaban J connectivity index is 1.26. The molecule has 3 aliphatic rings. The number of thiazole rings is 1. The minimum absolute atomic E-state index is 0.0415. The lowest BCUT2D eigenvalue weighted by Crippen LogP contribution is -2.74. The molecule has 0 aliphatic carbocycles. The number of β-lactam (4-membered cyclic amide) rings is 1. The Morgan fingerprint density at radius 3 is 2.64 bits per heavy atom. The third-order valence-electron chi connectivity index (χ3n) is 7.17. The van der Waals surface area contributed by atoms with Crippen LogP contribution in [0.3, 0.4) is 0 Å². The third kappa shape index (κ3) is 8.03. The molecule has 20 nitrogen and oxygen atoms in total. The first-order valence-electron chi connectivity index (χ1n) is 14.0. The summed E-state index contributed by atoms with van der Waals surface area (Å²) in [5, 5.41) is 39.9. The van der Waals surface area contributed by atoms with Crippen molar-refractivity contribution >= 4 is 62.4 Å². The molecule has 2 saturated heterocycles. The van der Waals surface area contributed by atoms with Gasteiger partial charge >= 0.3 is 16.3 Å². The molecule has 9 N–H and O–H groups in total. The van der Waals surface area contributed by atoms with Gasteiger partial charge in [0.25, 0.3) is 17.9 Å². The van der Waals surface area contributed by atoms with Gasteiger partial charge in [0.15, 0.2) is 10.8 Å². The Morgan fingerprint density at radius 1 is 1.28 bits per heavy atom. The number of hydrazone groups is 1. The summed E-state index contributed by atoms with van der Waals surface area (Å²) >= 11 is 0.944. The number of ether oxygens (including phenoxy) is 1. The zero-order valence-electron chi connectivity index (χ0n) is 24.4. The van der Waals surface area contributed by atoms with Crippen LogP contribution in [0.25, 0.3) is 0 Å². The fraction of sp³-hybridized carbons (Fsp3) is 0.400. The molecule has 3 aliphatic heterocycles. The van der Waals surface area contributed by atoms with Crippen LogP contribution in [-0.4, -0.2) is 125 Å². The molecule has 0 unspecified atom stereocenters. The van der Waals surface area contributed by atoms with E-state index >= 15 is 0 Å². The number of aliphatic carboxylic acids is 1. The minimum atomic E-state index is -4.96. The molecule has 2 amide bonds. The van der Waals surface area contributed by atoms with E-state index in [1.54, 1.807) is 24.3 Å². The Kier molecular flexibility index (Phi) is 10.0. The quantitative estimate of drug-likeness (QED) is 0.0335. The van der Waals surface area contributed by atoms with E-state index in [-0.39, 0.29) is 46.0 Å². The standard InChI is InChI=1S/C25H31N11O9S2/c26-21(31-14-5-6-28-7-14)13-1-3-15(4-2-13)44-9-18(24(39)40)45-34-19(16-10-46-25(27)32-16)22(37)33-20-17(8-35-12-29-11-30-35)36(23(20)38)47(41,42)43/h1-4,10-11,14,17-18,20,28H,5-9,12H2,(H2,26,31)(H2,27,32)(H,29,30)(H,33,37)(H,39,40)(H,41,42,43)/b34-19-/t14-,17+,18-,20-/m0/s1. The van der Waals surface area contributed by atoms with Crippen molar-refractivity contribution in [1.82, 2.24) is 35.6 Å². The molecular formula is C25H31N11O9S2. The number of aromatic nitrogens is 1. The third-order valence-corrected chi connectivity index (χ3v) is 8.79. The highest BCUT2D eigenvalue weighted by Gasteiger charge is 2.55. The van der Waals surface area contributed by atoms with Crippen molar-refractivity contribution in [3.05, 3.63) is 40.9 Å². The molecule has 252 valence electrons. The number of hydrogen-bond acceptors (Lipinski definition) is 16. The lowest BCUT2D eigenvalue weighted by atomic mass is 9.98. The molecule has 2 fully saturated rings. The van der Waals surface area contributed by atoms with Gasteiger partial charge in [0.1, 0.15) is 42.9 Å². The average Bonchev–Trinajstić information content (AvgIpc) is 3.81. The normalized spacial score (nSPS) is 21.5. The van der Waals surface area contributed by atoms with E-state index in [2.05, 4.69) is 36.5 Å². The molecule has 0 saturated carbocycles. The zero-order chi connectivity index (χ0) is 33.7. The van der Waals surface area contributed by atoms with E-state index in [4.69, 9.17) is 20.7 Å². The molecule has 5 rings (SSSR count). The number of anilines is 1. The number of rotatable bonds is 14. The van der Waals surface area contributed by atoms with Crippen molar-refractivity contribution in [1.29, 1.82) is 5.41 Å². The first-order chi connectivity index (χ1) is 22.4. The molecule has 47 heavy (non-hydrogen) atoms. The minimum Gasteiger partial charge on any atom is -0.489 e. The molecule has 0 spiro atoms. The molecule has 1 aromatic carbocycles. The van der Waals surface area contributed by atoms with Gasteiger partial charge in [-0.15, -0.1) is 11.3 Å². The number of amidine groups is 1. The van der Waals surface area contributed by atoms with Crippen LogP contribution in [0.15, 0.2) is 39.9 Å². The monoisotopic (exact) mass is 693 g/mol. The molecule has 0 bridgehead atoms. The van der Waals surface area contributed by atoms with Gasteiger partial charge < -0.3 is 41.7 Å². The number of carbonyl (C=O) groups is 3. The van der Waals surface area contributed by atoms with Crippen molar-refractivity contribution in [2.45, 2.75) is 30.7 Å². The van der Waals surface area contributed by atoms with E-state index in [9.17, 15) is 32.5 Å². The summed E-state index contributed by atoms with van der Waals surface area (Å²) in [5.74, 6) is -3.14. The summed E-state index contributed by atoms with van der Waals surface area (Å²) < 4.78 is 39.0. The van der Waals surface area contributed by atoms with E-state index in [0.717, 1.165) is 30.8 Å². The van der Waals surface area contributed by atoms with Crippen molar-refractivity contribution in [2.24, 2.45) is 10.3 Å². The van der Waals surface area contributed by atoms with Crippen LogP contribution < -0.4 is 31.7 Å². The van der Waals surface area contributed by atoms with Gasteiger partial charge in [-0.3, -0.25) is 24.6 Å². The number of oxime groups is 1. The van der Waals surface area contributed by atoms with Crippen molar-refractivity contribution < 1.29 is 42.0 Å². The van der Waals surface area contributed by atoms with Crippen LogP contribution in [0.4, 0.5) is 5.13 Å². The van der Waals surface area contributed by atoms with Crippen LogP contribution in [0.5, 0.6) is 5.75 Å². The van der Waals surface area contributed by atoms with Crippen LogP contribution in [-0.2, 0) is 29.5 Å². The Hall–Kier alpha value is -5.06. The second kappa shape index (κ2) is 14.1. The van der Waals surface area contributed by atoms with Crippen molar-refractivity contribution in [2.75, 3.05) is 38.6 Å². The van der Waals surface area contributed by atoms with E-state index in [1.807, 2.05) is 0 Å². The van der Waals surface area contributed by atoms with E-state index < -0.39 is 58.6 Å². The molecule has 2 aromatic rings.